The van der Waals surface area contributed by atoms with Crippen molar-refractivity contribution in [3.05, 3.63) is 58.7 Å². The average molecular weight is 277 g/mol. The number of halogens is 2. The van der Waals surface area contributed by atoms with Gasteiger partial charge in [0.1, 0.15) is 17.4 Å². The van der Waals surface area contributed by atoms with Gasteiger partial charge in [0, 0.05) is 6.07 Å². The lowest BCUT2D eigenvalue weighted by Crippen LogP contribution is -2.14. The van der Waals surface area contributed by atoms with E-state index >= 15 is 0 Å². The minimum Gasteiger partial charge on any atom is -0.507 e. The molecule has 2 aromatic rings. The molecule has 0 atom stereocenters. The van der Waals surface area contributed by atoms with Crippen molar-refractivity contribution in [1.29, 1.82) is 0 Å². The Labute approximate surface area is 114 Å². The summed E-state index contributed by atoms with van der Waals surface area (Å²) in [5.41, 5.74) is 0.413. The number of amides is 1. The molecule has 0 aliphatic heterocycles. The number of phenols is 1. The van der Waals surface area contributed by atoms with Crippen LogP contribution in [0.2, 0.25) is 0 Å². The molecule has 0 bridgehead atoms. The zero-order valence-electron chi connectivity index (χ0n) is 11.0. The van der Waals surface area contributed by atoms with Crippen LogP contribution in [0, 0.1) is 25.5 Å². The zero-order valence-corrected chi connectivity index (χ0v) is 11.0. The highest BCUT2D eigenvalue weighted by Gasteiger charge is 2.15. The molecule has 0 aromatic heterocycles. The summed E-state index contributed by atoms with van der Waals surface area (Å²) < 4.78 is 27.0. The summed E-state index contributed by atoms with van der Waals surface area (Å²) in [7, 11) is 0. The fourth-order valence-electron chi connectivity index (χ4n) is 1.77. The number of para-hydroxylation sites is 1. The Balaban J connectivity index is 2.33. The van der Waals surface area contributed by atoms with Gasteiger partial charge in [-0.25, -0.2) is 8.78 Å². The van der Waals surface area contributed by atoms with Gasteiger partial charge in [-0.15, -0.1) is 0 Å². The first-order valence-corrected chi connectivity index (χ1v) is 5.95. The number of carbonyl (C=O) groups is 1. The van der Waals surface area contributed by atoms with Crippen LogP contribution in [-0.2, 0) is 0 Å². The summed E-state index contributed by atoms with van der Waals surface area (Å²) >= 11 is 0. The number of rotatable bonds is 2. The van der Waals surface area contributed by atoms with Crippen molar-refractivity contribution in [2.75, 3.05) is 5.32 Å². The van der Waals surface area contributed by atoms with Gasteiger partial charge in [0.15, 0.2) is 0 Å². The molecule has 2 aromatic carbocycles. The zero-order chi connectivity index (χ0) is 14.9. The molecule has 0 fully saturated rings. The normalized spacial score (nSPS) is 10.4. The van der Waals surface area contributed by atoms with E-state index in [1.165, 1.54) is 13.0 Å². The molecule has 2 N–H and O–H groups in total. The van der Waals surface area contributed by atoms with Crippen LogP contribution in [0.5, 0.6) is 5.75 Å². The number of carbonyl (C=O) groups excluding carboxylic acids is 1. The second-order valence-corrected chi connectivity index (χ2v) is 4.51. The Hall–Kier alpha value is -2.43. The van der Waals surface area contributed by atoms with E-state index in [1.54, 1.807) is 19.1 Å². The largest absolute Gasteiger partial charge is 0.507 e. The molecule has 5 heteroatoms. The third kappa shape index (κ3) is 2.61. The number of nitrogens with one attached hydrogen (secondary N) is 1. The number of aryl methyl sites for hydroxylation is 2. The highest BCUT2D eigenvalue weighted by molar-refractivity contribution is 6.06. The summed E-state index contributed by atoms with van der Waals surface area (Å²) in [6.07, 6.45) is 0. The Bertz CT molecular complexity index is 684. The van der Waals surface area contributed by atoms with Gasteiger partial charge < -0.3 is 10.4 Å². The lowest BCUT2D eigenvalue weighted by Gasteiger charge is -2.10. The Morgan fingerprint density at radius 2 is 1.80 bits per heavy atom. The quantitative estimate of drug-likeness (QED) is 0.882. The van der Waals surface area contributed by atoms with Gasteiger partial charge in [-0.3, -0.25) is 4.79 Å². The second-order valence-electron chi connectivity index (χ2n) is 4.51. The topological polar surface area (TPSA) is 49.3 Å². The molecule has 0 aliphatic carbocycles. The second kappa shape index (κ2) is 5.28. The van der Waals surface area contributed by atoms with E-state index in [9.17, 15) is 18.7 Å². The van der Waals surface area contributed by atoms with Crippen molar-refractivity contribution in [3.63, 3.8) is 0 Å². The van der Waals surface area contributed by atoms with Crippen LogP contribution in [0.15, 0.2) is 30.3 Å². The van der Waals surface area contributed by atoms with Crippen LogP contribution in [0.25, 0.3) is 0 Å². The van der Waals surface area contributed by atoms with Crippen LogP contribution in [-0.4, -0.2) is 11.0 Å². The standard InChI is InChI=1S/C15H13F2NO2/c1-8-4-3-5-10(14(8)19)15(20)18-13-7-11(16)9(2)6-12(13)17/h3-7,19H,1-2H3,(H,18,20). The molecule has 0 heterocycles. The minimum absolute atomic E-state index is 0.00498. The predicted octanol–water partition coefficient (Wildman–Crippen LogP) is 3.54. The summed E-state index contributed by atoms with van der Waals surface area (Å²) in [5.74, 6) is -2.23. The van der Waals surface area contributed by atoms with Gasteiger partial charge >= 0.3 is 0 Å². The summed E-state index contributed by atoms with van der Waals surface area (Å²) in [6.45, 7) is 3.06. The predicted molar refractivity (Wildman–Crippen MR) is 71.9 cm³/mol. The van der Waals surface area contributed by atoms with E-state index in [0.29, 0.717) is 5.56 Å². The summed E-state index contributed by atoms with van der Waals surface area (Å²) in [5, 5.41) is 12.0. The van der Waals surface area contributed by atoms with E-state index in [1.807, 2.05) is 0 Å². The molecule has 0 aliphatic rings. The summed E-state index contributed by atoms with van der Waals surface area (Å²) in [4.78, 5) is 12.0. The molecule has 0 unspecified atom stereocenters. The lowest BCUT2D eigenvalue weighted by molar-refractivity contribution is 0.102. The van der Waals surface area contributed by atoms with Crippen molar-refractivity contribution in [2.24, 2.45) is 0 Å². The Morgan fingerprint density at radius 3 is 2.50 bits per heavy atom. The smallest absolute Gasteiger partial charge is 0.259 e. The Kier molecular flexibility index (Phi) is 3.70. The molecule has 3 nitrogen and oxygen atoms in total. The number of anilines is 1. The molecule has 0 saturated carbocycles. The maximum Gasteiger partial charge on any atom is 0.259 e. The van der Waals surface area contributed by atoms with Gasteiger partial charge in [0.05, 0.1) is 11.3 Å². The number of hydrogen-bond acceptors (Lipinski definition) is 2. The van der Waals surface area contributed by atoms with Gasteiger partial charge in [-0.2, -0.15) is 0 Å². The van der Waals surface area contributed by atoms with Crippen molar-refractivity contribution in [1.82, 2.24) is 0 Å². The molecule has 20 heavy (non-hydrogen) atoms. The molecule has 1 amide bonds. The number of hydrogen-bond donors (Lipinski definition) is 2. The van der Waals surface area contributed by atoms with Crippen LogP contribution in [0.4, 0.5) is 14.5 Å². The molecule has 0 spiro atoms. The van der Waals surface area contributed by atoms with Crippen molar-refractivity contribution in [2.45, 2.75) is 13.8 Å². The first-order chi connectivity index (χ1) is 9.40. The fourth-order valence-corrected chi connectivity index (χ4v) is 1.77. The van der Waals surface area contributed by atoms with Gasteiger partial charge in [-0.1, -0.05) is 12.1 Å². The molecule has 0 saturated heterocycles. The number of benzene rings is 2. The highest BCUT2D eigenvalue weighted by atomic mass is 19.1. The van der Waals surface area contributed by atoms with Gasteiger partial charge in [0.2, 0.25) is 0 Å². The van der Waals surface area contributed by atoms with E-state index in [4.69, 9.17) is 0 Å². The Morgan fingerprint density at radius 1 is 1.10 bits per heavy atom. The highest BCUT2D eigenvalue weighted by Crippen LogP contribution is 2.24. The number of aromatic hydroxyl groups is 1. The molecule has 2 rings (SSSR count). The van der Waals surface area contributed by atoms with Crippen molar-refractivity contribution in [3.8, 4) is 5.75 Å². The number of phenolic OH excluding ortho intramolecular Hbond substituents is 1. The molecule has 0 radical (unpaired) electrons. The van der Waals surface area contributed by atoms with Crippen LogP contribution in [0.3, 0.4) is 0 Å². The van der Waals surface area contributed by atoms with Crippen molar-refractivity contribution < 1.29 is 18.7 Å². The van der Waals surface area contributed by atoms with Crippen LogP contribution < -0.4 is 5.32 Å². The van der Waals surface area contributed by atoms with Crippen molar-refractivity contribution >= 4 is 11.6 Å². The van der Waals surface area contributed by atoms with Gasteiger partial charge in [-0.05, 0) is 37.1 Å². The first kappa shape index (κ1) is 14.0. The summed E-state index contributed by atoms with van der Waals surface area (Å²) in [6, 6.07) is 6.55. The average Bonchev–Trinajstić information content (AvgIpc) is 2.39. The third-order valence-corrected chi connectivity index (χ3v) is 2.98. The van der Waals surface area contributed by atoms with E-state index in [0.717, 1.165) is 12.1 Å². The SMILES string of the molecule is Cc1cc(F)c(NC(=O)c2cccc(C)c2O)cc1F. The monoisotopic (exact) mass is 277 g/mol. The fraction of sp³-hybridized carbons (Fsp3) is 0.133. The van der Waals surface area contributed by atoms with Crippen LogP contribution >= 0.6 is 0 Å². The van der Waals surface area contributed by atoms with E-state index in [-0.39, 0.29) is 22.6 Å². The van der Waals surface area contributed by atoms with Gasteiger partial charge in [0.25, 0.3) is 5.91 Å². The molecule has 104 valence electrons. The van der Waals surface area contributed by atoms with Crippen LogP contribution in [0.1, 0.15) is 21.5 Å². The lowest BCUT2D eigenvalue weighted by atomic mass is 10.1. The minimum atomic E-state index is -0.732. The molecular weight excluding hydrogens is 264 g/mol. The first-order valence-electron chi connectivity index (χ1n) is 5.95. The maximum absolute atomic E-state index is 13.6. The maximum atomic E-state index is 13.6. The van der Waals surface area contributed by atoms with E-state index in [2.05, 4.69) is 5.32 Å². The molecular formula is C15H13F2NO2. The van der Waals surface area contributed by atoms with E-state index < -0.39 is 17.5 Å². The third-order valence-electron chi connectivity index (χ3n) is 2.98.